The Morgan fingerprint density at radius 3 is 2.35 bits per heavy atom. The molecule has 1 aromatic carbocycles. The summed E-state index contributed by atoms with van der Waals surface area (Å²) in [6.45, 7) is 4.26. The first kappa shape index (κ1) is 15.8. The van der Waals surface area contributed by atoms with Crippen LogP contribution in [0, 0.1) is 11.7 Å². The summed E-state index contributed by atoms with van der Waals surface area (Å²) in [6.07, 6.45) is 0.512. The first-order valence-electron chi connectivity index (χ1n) is 8.06. The van der Waals surface area contributed by atoms with E-state index in [2.05, 4.69) is 0 Å². The summed E-state index contributed by atoms with van der Waals surface area (Å²) in [5, 5.41) is 0. The number of rotatable bonds is 3. The minimum Gasteiger partial charge on any atom is -0.450 e. The Balaban J connectivity index is 1.51. The van der Waals surface area contributed by atoms with Gasteiger partial charge in [-0.3, -0.25) is 4.79 Å². The Bertz CT molecular complexity index is 582. The van der Waals surface area contributed by atoms with Crippen molar-refractivity contribution in [3.63, 3.8) is 0 Å². The molecule has 2 atom stereocenters. The molecule has 0 unspecified atom stereocenters. The average Bonchev–Trinajstić information content (AvgIpc) is 3.36. The van der Waals surface area contributed by atoms with E-state index >= 15 is 0 Å². The molecule has 1 aliphatic carbocycles. The molecule has 2 aliphatic rings. The zero-order chi connectivity index (χ0) is 16.4. The van der Waals surface area contributed by atoms with Crippen LogP contribution in [0.25, 0.3) is 0 Å². The van der Waals surface area contributed by atoms with Crippen molar-refractivity contribution in [1.82, 2.24) is 9.80 Å². The summed E-state index contributed by atoms with van der Waals surface area (Å²) >= 11 is 0. The Kier molecular flexibility index (Phi) is 4.50. The van der Waals surface area contributed by atoms with Gasteiger partial charge in [-0.2, -0.15) is 0 Å². The molecule has 2 amide bonds. The molecule has 1 saturated heterocycles. The molecule has 3 rings (SSSR count). The molecule has 0 spiro atoms. The minimum absolute atomic E-state index is 0.00500. The van der Waals surface area contributed by atoms with Crippen molar-refractivity contribution in [3.05, 3.63) is 35.6 Å². The number of benzene rings is 1. The smallest absolute Gasteiger partial charge is 0.409 e. The zero-order valence-electron chi connectivity index (χ0n) is 13.2. The van der Waals surface area contributed by atoms with Gasteiger partial charge in [0.2, 0.25) is 5.91 Å². The summed E-state index contributed by atoms with van der Waals surface area (Å²) in [4.78, 5) is 27.6. The van der Waals surface area contributed by atoms with E-state index in [9.17, 15) is 14.0 Å². The second-order valence-electron chi connectivity index (χ2n) is 6.01. The molecule has 1 aromatic rings. The fourth-order valence-electron chi connectivity index (χ4n) is 3.10. The van der Waals surface area contributed by atoms with Gasteiger partial charge in [-0.05, 0) is 37.0 Å². The minimum atomic E-state index is -0.310. The molecule has 0 N–H and O–H groups in total. The van der Waals surface area contributed by atoms with Gasteiger partial charge in [0.05, 0.1) is 6.61 Å². The van der Waals surface area contributed by atoms with Crippen LogP contribution >= 0.6 is 0 Å². The number of halogens is 1. The van der Waals surface area contributed by atoms with Crippen LogP contribution in [0.2, 0.25) is 0 Å². The fourth-order valence-corrected chi connectivity index (χ4v) is 3.10. The first-order chi connectivity index (χ1) is 11.1. The molecular formula is C17H21FN2O3. The lowest BCUT2D eigenvalue weighted by Gasteiger charge is -2.34. The molecule has 6 heteroatoms. The lowest BCUT2D eigenvalue weighted by Crippen LogP contribution is -2.51. The highest BCUT2D eigenvalue weighted by Crippen LogP contribution is 2.48. The number of piperazine rings is 1. The summed E-state index contributed by atoms with van der Waals surface area (Å²) in [5.74, 6) is 0.0796. The predicted octanol–water partition coefficient (Wildman–Crippen LogP) is 2.23. The lowest BCUT2D eigenvalue weighted by atomic mass is 10.1. The third kappa shape index (κ3) is 3.46. The highest BCUT2D eigenvalue weighted by Gasteiger charge is 2.46. The van der Waals surface area contributed by atoms with Crippen LogP contribution in [0.15, 0.2) is 24.3 Å². The predicted molar refractivity (Wildman–Crippen MR) is 82.4 cm³/mol. The number of hydrogen-bond acceptors (Lipinski definition) is 3. The molecule has 23 heavy (non-hydrogen) atoms. The van der Waals surface area contributed by atoms with Crippen molar-refractivity contribution in [2.24, 2.45) is 5.92 Å². The van der Waals surface area contributed by atoms with Gasteiger partial charge in [-0.25, -0.2) is 9.18 Å². The van der Waals surface area contributed by atoms with E-state index in [1.54, 1.807) is 24.0 Å². The quantitative estimate of drug-likeness (QED) is 0.858. The number of nitrogens with zero attached hydrogens (tertiary/aromatic N) is 2. The zero-order valence-corrected chi connectivity index (χ0v) is 13.2. The molecule has 0 bridgehead atoms. The normalized spacial score (nSPS) is 23.6. The van der Waals surface area contributed by atoms with E-state index in [-0.39, 0.29) is 29.7 Å². The molecule has 0 aromatic heterocycles. The third-order valence-electron chi connectivity index (χ3n) is 4.52. The van der Waals surface area contributed by atoms with Gasteiger partial charge in [-0.15, -0.1) is 0 Å². The topological polar surface area (TPSA) is 49.9 Å². The molecule has 2 fully saturated rings. The second-order valence-corrected chi connectivity index (χ2v) is 6.01. The van der Waals surface area contributed by atoms with Crippen LogP contribution in [0.1, 0.15) is 24.8 Å². The van der Waals surface area contributed by atoms with Gasteiger partial charge in [0.1, 0.15) is 5.82 Å². The van der Waals surface area contributed by atoms with Gasteiger partial charge in [-0.1, -0.05) is 12.1 Å². The Morgan fingerprint density at radius 1 is 1.13 bits per heavy atom. The van der Waals surface area contributed by atoms with E-state index in [4.69, 9.17) is 4.74 Å². The van der Waals surface area contributed by atoms with Crippen molar-refractivity contribution < 1.29 is 18.7 Å². The van der Waals surface area contributed by atoms with Crippen LogP contribution in [0.5, 0.6) is 0 Å². The first-order valence-corrected chi connectivity index (χ1v) is 8.06. The second kappa shape index (κ2) is 6.56. The number of ether oxygens (including phenoxy) is 1. The van der Waals surface area contributed by atoms with Crippen LogP contribution < -0.4 is 0 Å². The summed E-state index contributed by atoms with van der Waals surface area (Å²) in [6, 6.07) is 6.39. The molecular weight excluding hydrogens is 299 g/mol. The highest BCUT2D eigenvalue weighted by atomic mass is 19.1. The van der Waals surface area contributed by atoms with Gasteiger partial charge < -0.3 is 14.5 Å². The molecule has 1 saturated carbocycles. The SMILES string of the molecule is CCOC(=O)N1CCN(C(=O)[C@@H]2C[C@H]2c2ccc(F)cc2)CC1. The monoisotopic (exact) mass is 320 g/mol. The van der Waals surface area contributed by atoms with Crippen molar-refractivity contribution in [1.29, 1.82) is 0 Å². The van der Waals surface area contributed by atoms with Crippen molar-refractivity contribution in [2.75, 3.05) is 32.8 Å². The maximum absolute atomic E-state index is 13.0. The average molecular weight is 320 g/mol. The third-order valence-corrected chi connectivity index (χ3v) is 4.52. The van der Waals surface area contributed by atoms with Crippen molar-refractivity contribution in [3.8, 4) is 0 Å². The summed E-state index contributed by atoms with van der Waals surface area (Å²) < 4.78 is 17.9. The standard InChI is InChI=1S/C17H21FN2O3/c1-2-23-17(22)20-9-7-19(8-10-20)16(21)15-11-14(15)12-3-5-13(18)6-4-12/h3-6,14-15H,2,7-11H2,1H3/t14-,15+/m0/s1. The van der Waals surface area contributed by atoms with Crippen LogP contribution in [0.4, 0.5) is 9.18 Å². The number of carbonyl (C=O) groups excluding carboxylic acids is 2. The molecule has 5 nitrogen and oxygen atoms in total. The lowest BCUT2D eigenvalue weighted by molar-refractivity contribution is -0.134. The molecule has 1 heterocycles. The Hall–Kier alpha value is -2.11. The maximum atomic E-state index is 13.0. The maximum Gasteiger partial charge on any atom is 0.409 e. The molecule has 0 radical (unpaired) electrons. The number of hydrogen-bond donors (Lipinski definition) is 0. The van der Waals surface area contributed by atoms with E-state index in [0.717, 1.165) is 12.0 Å². The van der Waals surface area contributed by atoms with Gasteiger partial charge in [0.15, 0.2) is 0 Å². The summed E-state index contributed by atoms with van der Waals surface area (Å²) in [5.41, 5.74) is 1.02. The van der Waals surface area contributed by atoms with E-state index in [0.29, 0.717) is 32.8 Å². The van der Waals surface area contributed by atoms with E-state index < -0.39 is 0 Å². The van der Waals surface area contributed by atoms with Gasteiger partial charge in [0, 0.05) is 32.1 Å². The molecule has 124 valence electrons. The Morgan fingerprint density at radius 2 is 1.74 bits per heavy atom. The van der Waals surface area contributed by atoms with Crippen molar-refractivity contribution in [2.45, 2.75) is 19.3 Å². The van der Waals surface area contributed by atoms with Crippen LogP contribution in [0.3, 0.4) is 0 Å². The van der Waals surface area contributed by atoms with Crippen LogP contribution in [-0.4, -0.2) is 54.6 Å². The van der Waals surface area contributed by atoms with E-state index in [1.165, 1.54) is 12.1 Å². The highest BCUT2D eigenvalue weighted by molar-refractivity contribution is 5.83. The van der Waals surface area contributed by atoms with Gasteiger partial charge in [0.25, 0.3) is 0 Å². The van der Waals surface area contributed by atoms with Gasteiger partial charge >= 0.3 is 6.09 Å². The largest absolute Gasteiger partial charge is 0.450 e. The number of carbonyl (C=O) groups is 2. The van der Waals surface area contributed by atoms with Crippen molar-refractivity contribution >= 4 is 12.0 Å². The number of amides is 2. The molecule has 1 aliphatic heterocycles. The van der Waals surface area contributed by atoms with Crippen LogP contribution in [-0.2, 0) is 9.53 Å². The summed E-state index contributed by atoms with van der Waals surface area (Å²) in [7, 11) is 0. The van der Waals surface area contributed by atoms with E-state index in [1.807, 2.05) is 4.90 Å². The Labute approximate surface area is 135 Å². The fraction of sp³-hybridized carbons (Fsp3) is 0.529.